The summed E-state index contributed by atoms with van der Waals surface area (Å²) in [6.07, 6.45) is 1.60. The molecular formula is C20H24N6O6S2. The molecule has 4 rings (SSSR count). The molecule has 0 saturated heterocycles. The second-order valence-electron chi connectivity index (χ2n) is 8.57. The molecule has 12 nitrogen and oxygen atoms in total. The highest BCUT2D eigenvalue weighted by Crippen LogP contribution is 2.30. The van der Waals surface area contributed by atoms with Gasteiger partial charge in [0.1, 0.15) is 21.6 Å². The third kappa shape index (κ3) is 4.37. The van der Waals surface area contributed by atoms with Gasteiger partial charge in [0.05, 0.1) is 17.6 Å². The molecule has 34 heavy (non-hydrogen) atoms. The third-order valence-corrected chi connectivity index (χ3v) is 7.20. The maximum Gasteiger partial charge on any atom is 0.289 e. The molecule has 0 spiro atoms. The molecule has 3 aromatic rings. The lowest BCUT2D eigenvalue weighted by Crippen LogP contribution is -2.53. The van der Waals surface area contributed by atoms with Crippen LogP contribution in [0.15, 0.2) is 38.8 Å². The number of hydrogen-bond donors (Lipinski definition) is 3. The predicted molar refractivity (Wildman–Crippen MR) is 127 cm³/mol. The molecule has 0 aliphatic carbocycles. The highest BCUT2D eigenvalue weighted by atomic mass is 32.2. The van der Waals surface area contributed by atoms with Crippen molar-refractivity contribution >= 4 is 42.9 Å². The fraction of sp³-hybridized carbons (Fsp3) is 0.350. The van der Waals surface area contributed by atoms with Gasteiger partial charge in [0.15, 0.2) is 0 Å². The smallest absolute Gasteiger partial charge is 0.289 e. The van der Waals surface area contributed by atoms with E-state index in [0.717, 1.165) is 16.8 Å². The normalized spacial score (nSPS) is 16.7. The Bertz CT molecular complexity index is 1700. The molecule has 0 atom stereocenters. The van der Waals surface area contributed by atoms with Gasteiger partial charge in [-0.15, -0.1) is 0 Å². The molecular weight excluding hydrogens is 484 g/mol. The summed E-state index contributed by atoms with van der Waals surface area (Å²) in [6.45, 7) is 6.01. The standard InChI is InChI=1S/C20H24N6O6S2/c1-11(2)7-8-25-16-9-12(3)22-26(16)20(28)17(19(25)27)18-21-14-6-5-13(23-33(4,29)30)10-15(14)34(31,32)24-18/h5-6,9-11,21,23-24H,7-8H2,1-4H3. The van der Waals surface area contributed by atoms with Crippen LogP contribution in [0.25, 0.3) is 11.5 Å². The summed E-state index contributed by atoms with van der Waals surface area (Å²) in [7, 11) is -7.87. The highest BCUT2D eigenvalue weighted by Gasteiger charge is 2.29. The lowest BCUT2D eigenvalue weighted by Gasteiger charge is -2.23. The number of aryl methyl sites for hydroxylation is 2. The number of nitrogens with zero attached hydrogens (tertiary/aromatic N) is 3. The van der Waals surface area contributed by atoms with E-state index in [4.69, 9.17) is 0 Å². The Hall–Kier alpha value is -3.39. The van der Waals surface area contributed by atoms with Gasteiger partial charge in [0.25, 0.3) is 21.1 Å². The SMILES string of the molecule is Cc1cc2n(CCC(C)C)c(=O)c(=C3Nc4ccc(NS(C)(=O)=O)cc4S(=O)(=O)N3)c(=O)n2n1. The zero-order chi connectivity index (χ0) is 25.0. The molecule has 182 valence electrons. The summed E-state index contributed by atoms with van der Waals surface area (Å²) in [5, 5.41) is 6.59. The third-order valence-electron chi connectivity index (χ3n) is 5.21. The molecule has 0 radical (unpaired) electrons. The van der Waals surface area contributed by atoms with Crippen molar-refractivity contribution in [3.8, 4) is 0 Å². The van der Waals surface area contributed by atoms with Crippen LogP contribution in [-0.4, -0.2) is 37.3 Å². The van der Waals surface area contributed by atoms with Crippen molar-refractivity contribution in [3.63, 3.8) is 0 Å². The molecule has 14 heteroatoms. The molecule has 0 saturated carbocycles. The van der Waals surface area contributed by atoms with E-state index in [1.165, 1.54) is 16.7 Å². The molecule has 1 aliphatic heterocycles. The summed E-state index contributed by atoms with van der Waals surface area (Å²) < 4.78 is 55.9. The summed E-state index contributed by atoms with van der Waals surface area (Å²) in [5.41, 5.74) is -0.429. The van der Waals surface area contributed by atoms with Crippen molar-refractivity contribution in [1.29, 1.82) is 0 Å². The number of benzene rings is 1. The molecule has 0 amide bonds. The van der Waals surface area contributed by atoms with Crippen LogP contribution in [-0.2, 0) is 26.6 Å². The van der Waals surface area contributed by atoms with E-state index >= 15 is 0 Å². The van der Waals surface area contributed by atoms with Crippen LogP contribution in [0.5, 0.6) is 0 Å². The molecule has 0 fully saturated rings. The summed E-state index contributed by atoms with van der Waals surface area (Å²) in [5.74, 6) is -0.00778. The lowest BCUT2D eigenvalue weighted by atomic mass is 10.1. The Labute approximate surface area is 195 Å². The summed E-state index contributed by atoms with van der Waals surface area (Å²) >= 11 is 0. The van der Waals surface area contributed by atoms with E-state index in [-0.39, 0.29) is 28.0 Å². The van der Waals surface area contributed by atoms with Crippen molar-refractivity contribution in [2.24, 2.45) is 5.92 Å². The van der Waals surface area contributed by atoms with Gasteiger partial charge in [-0.3, -0.25) is 23.6 Å². The second-order valence-corrected chi connectivity index (χ2v) is 12.0. The maximum absolute atomic E-state index is 13.4. The van der Waals surface area contributed by atoms with Crippen LogP contribution in [0.3, 0.4) is 0 Å². The number of sulfonamides is 2. The van der Waals surface area contributed by atoms with Crippen molar-refractivity contribution < 1.29 is 16.8 Å². The Kier molecular flexibility index (Phi) is 5.68. The monoisotopic (exact) mass is 508 g/mol. The van der Waals surface area contributed by atoms with Crippen LogP contribution in [0.2, 0.25) is 0 Å². The molecule has 1 aliphatic rings. The quantitative estimate of drug-likeness (QED) is 0.426. The number of anilines is 2. The number of fused-ring (bicyclic) bond motifs is 2. The predicted octanol–water partition coefficient (Wildman–Crippen LogP) is -0.229. The minimum absolute atomic E-state index is 0.0471. The van der Waals surface area contributed by atoms with E-state index < -0.39 is 36.4 Å². The minimum Gasteiger partial charge on any atom is -0.339 e. The van der Waals surface area contributed by atoms with Crippen molar-refractivity contribution in [1.82, 2.24) is 18.9 Å². The molecule has 0 bridgehead atoms. The fourth-order valence-electron chi connectivity index (χ4n) is 3.67. The average molecular weight is 509 g/mol. The van der Waals surface area contributed by atoms with Crippen LogP contribution in [0.1, 0.15) is 26.0 Å². The first-order valence-corrected chi connectivity index (χ1v) is 13.7. The van der Waals surface area contributed by atoms with Crippen molar-refractivity contribution in [2.45, 2.75) is 38.6 Å². The maximum atomic E-state index is 13.4. The zero-order valence-electron chi connectivity index (χ0n) is 18.9. The topological polar surface area (TPSA) is 161 Å². The van der Waals surface area contributed by atoms with Crippen molar-refractivity contribution in [3.05, 3.63) is 55.9 Å². The van der Waals surface area contributed by atoms with Gasteiger partial charge >= 0.3 is 0 Å². The zero-order valence-corrected chi connectivity index (χ0v) is 20.5. The van der Waals surface area contributed by atoms with Gasteiger partial charge in [0.2, 0.25) is 10.0 Å². The Balaban J connectivity index is 1.96. The van der Waals surface area contributed by atoms with E-state index in [1.807, 2.05) is 13.8 Å². The molecule has 3 N–H and O–H groups in total. The first-order valence-electron chi connectivity index (χ1n) is 10.4. The van der Waals surface area contributed by atoms with Crippen LogP contribution >= 0.6 is 0 Å². The van der Waals surface area contributed by atoms with Gasteiger partial charge in [0, 0.05) is 18.3 Å². The number of rotatable bonds is 5. The Morgan fingerprint density at radius 2 is 1.85 bits per heavy atom. The number of nitrogens with one attached hydrogen (secondary N) is 3. The first kappa shape index (κ1) is 23.8. The van der Waals surface area contributed by atoms with Gasteiger partial charge in [-0.05, 0) is 37.5 Å². The Morgan fingerprint density at radius 1 is 1.15 bits per heavy atom. The number of aromatic nitrogens is 3. The van der Waals surface area contributed by atoms with E-state index in [2.05, 4.69) is 19.9 Å². The van der Waals surface area contributed by atoms with Crippen LogP contribution in [0, 0.1) is 12.8 Å². The van der Waals surface area contributed by atoms with Crippen LogP contribution < -0.4 is 31.1 Å². The van der Waals surface area contributed by atoms with Gasteiger partial charge < -0.3 is 5.32 Å². The summed E-state index contributed by atoms with van der Waals surface area (Å²) in [4.78, 5) is 26.4. The van der Waals surface area contributed by atoms with E-state index in [9.17, 15) is 26.4 Å². The largest absolute Gasteiger partial charge is 0.339 e. The minimum atomic E-state index is -4.24. The molecule has 1 aromatic carbocycles. The highest BCUT2D eigenvalue weighted by molar-refractivity contribution is 7.92. The lowest BCUT2D eigenvalue weighted by molar-refractivity contribution is 0.509. The Morgan fingerprint density at radius 3 is 2.50 bits per heavy atom. The van der Waals surface area contributed by atoms with Crippen LogP contribution in [0.4, 0.5) is 11.4 Å². The second kappa shape index (κ2) is 8.13. The average Bonchev–Trinajstić information content (AvgIpc) is 3.08. The molecule has 3 heterocycles. The van der Waals surface area contributed by atoms with E-state index in [1.54, 1.807) is 13.0 Å². The number of hydrogen-bond acceptors (Lipinski definition) is 8. The van der Waals surface area contributed by atoms with Crippen molar-refractivity contribution in [2.75, 3.05) is 16.3 Å². The first-order chi connectivity index (χ1) is 15.8. The summed E-state index contributed by atoms with van der Waals surface area (Å²) in [6, 6.07) is 5.48. The fourth-order valence-corrected chi connectivity index (χ4v) is 5.45. The van der Waals surface area contributed by atoms with E-state index in [0.29, 0.717) is 24.3 Å². The van der Waals surface area contributed by atoms with Gasteiger partial charge in [-0.25, -0.2) is 16.8 Å². The molecule has 0 unspecified atom stereocenters. The van der Waals surface area contributed by atoms with Gasteiger partial charge in [-0.1, -0.05) is 13.8 Å². The van der Waals surface area contributed by atoms with Gasteiger partial charge in [-0.2, -0.15) is 9.61 Å². The molecule has 2 aromatic heterocycles.